The molecule has 0 aliphatic heterocycles. The number of nitrogens with one attached hydrogen (secondary N) is 1. The van der Waals surface area contributed by atoms with Gasteiger partial charge in [0.2, 0.25) is 6.54 Å². The fraction of sp³-hybridized carbons (Fsp3) is 0.0909. The average Bonchev–Trinajstić information content (AvgIpc) is 2.74. The van der Waals surface area contributed by atoms with Gasteiger partial charge in [-0.25, -0.2) is 4.79 Å². The first-order valence-electron chi connectivity index (χ1n) is 8.58. The van der Waals surface area contributed by atoms with Gasteiger partial charge in [-0.15, -0.1) is 0 Å². The van der Waals surface area contributed by atoms with E-state index in [1.807, 2.05) is 54.7 Å². The summed E-state index contributed by atoms with van der Waals surface area (Å²) in [6.07, 6.45) is 3.65. The van der Waals surface area contributed by atoms with E-state index >= 15 is 0 Å². The third-order valence-electron chi connectivity index (χ3n) is 4.15. The number of para-hydroxylation sites is 1. The summed E-state index contributed by atoms with van der Waals surface area (Å²) in [6, 6.07) is 20.2. The second-order valence-electron chi connectivity index (χ2n) is 6.01. The summed E-state index contributed by atoms with van der Waals surface area (Å²) in [4.78, 5) is 24.5. The molecule has 0 fully saturated rings. The standard InChI is InChI=1S/C22H17N3O3/c1-28-22(27)19-11-5-9-17(13-23)21(19)24-20(26)15-25-12-6-10-18(14-25)16-7-3-2-4-8-16/h2-12,14H,15H2,1H3/p+1. The second kappa shape index (κ2) is 8.60. The zero-order valence-electron chi connectivity index (χ0n) is 15.3. The van der Waals surface area contributed by atoms with Crippen molar-refractivity contribution in [2.24, 2.45) is 0 Å². The minimum Gasteiger partial charge on any atom is -0.465 e. The van der Waals surface area contributed by atoms with Crippen molar-refractivity contribution in [3.63, 3.8) is 0 Å². The molecule has 1 N–H and O–H groups in total. The number of nitrogens with zero attached hydrogens (tertiary/aromatic N) is 2. The number of pyridine rings is 1. The number of methoxy groups -OCH3 is 1. The third-order valence-corrected chi connectivity index (χ3v) is 4.15. The summed E-state index contributed by atoms with van der Waals surface area (Å²) in [5.41, 5.74) is 2.50. The van der Waals surface area contributed by atoms with E-state index in [0.29, 0.717) is 0 Å². The molecule has 1 heterocycles. The zero-order chi connectivity index (χ0) is 19.9. The molecule has 0 unspecified atom stereocenters. The van der Waals surface area contributed by atoms with E-state index in [-0.39, 0.29) is 29.3 Å². The van der Waals surface area contributed by atoms with Gasteiger partial charge in [0.15, 0.2) is 12.4 Å². The lowest BCUT2D eigenvalue weighted by Gasteiger charge is -2.10. The molecule has 6 heteroatoms. The Morgan fingerprint density at radius 2 is 1.79 bits per heavy atom. The predicted octanol–water partition coefficient (Wildman–Crippen LogP) is 2.94. The van der Waals surface area contributed by atoms with Crippen molar-refractivity contribution >= 4 is 17.6 Å². The molecule has 1 aromatic heterocycles. The molecule has 28 heavy (non-hydrogen) atoms. The van der Waals surface area contributed by atoms with Crippen LogP contribution in [-0.2, 0) is 16.1 Å². The number of rotatable bonds is 5. The van der Waals surface area contributed by atoms with E-state index in [1.165, 1.54) is 19.2 Å². The van der Waals surface area contributed by atoms with Gasteiger partial charge in [-0.05, 0) is 23.8 Å². The number of hydrogen-bond acceptors (Lipinski definition) is 4. The molecule has 0 radical (unpaired) electrons. The van der Waals surface area contributed by atoms with Gasteiger partial charge in [0.05, 0.1) is 23.9 Å². The Hall–Kier alpha value is -3.98. The van der Waals surface area contributed by atoms with Crippen LogP contribution in [0.3, 0.4) is 0 Å². The van der Waals surface area contributed by atoms with Crippen LogP contribution in [0.5, 0.6) is 0 Å². The topological polar surface area (TPSA) is 83.1 Å². The van der Waals surface area contributed by atoms with Crippen LogP contribution in [0.1, 0.15) is 15.9 Å². The van der Waals surface area contributed by atoms with E-state index in [1.54, 1.807) is 16.8 Å². The van der Waals surface area contributed by atoms with Crippen molar-refractivity contribution in [2.75, 3.05) is 12.4 Å². The van der Waals surface area contributed by atoms with Crippen molar-refractivity contribution in [1.29, 1.82) is 5.26 Å². The molecular weight excluding hydrogens is 354 g/mol. The first kappa shape index (κ1) is 18.8. The van der Waals surface area contributed by atoms with Gasteiger partial charge >= 0.3 is 5.97 Å². The lowest BCUT2D eigenvalue weighted by molar-refractivity contribution is -0.683. The number of esters is 1. The first-order chi connectivity index (χ1) is 13.6. The number of carbonyl (C=O) groups is 2. The number of aromatic nitrogens is 1. The van der Waals surface area contributed by atoms with Crippen molar-refractivity contribution in [3.8, 4) is 17.2 Å². The highest BCUT2D eigenvalue weighted by Crippen LogP contribution is 2.21. The second-order valence-corrected chi connectivity index (χ2v) is 6.01. The van der Waals surface area contributed by atoms with Crippen LogP contribution in [-0.4, -0.2) is 19.0 Å². The Bertz CT molecular complexity index is 1060. The van der Waals surface area contributed by atoms with Crippen LogP contribution in [0.25, 0.3) is 11.1 Å². The minimum atomic E-state index is -0.619. The Labute approximate surface area is 162 Å². The molecule has 138 valence electrons. The molecule has 0 saturated heterocycles. The molecule has 0 atom stereocenters. The van der Waals surface area contributed by atoms with Crippen LogP contribution in [0, 0.1) is 11.3 Å². The molecule has 3 rings (SSSR count). The highest BCUT2D eigenvalue weighted by atomic mass is 16.5. The molecule has 3 aromatic rings. The molecule has 2 aromatic carbocycles. The number of anilines is 1. The largest absolute Gasteiger partial charge is 0.465 e. The van der Waals surface area contributed by atoms with Crippen molar-refractivity contribution in [2.45, 2.75) is 6.54 Å². The van der Waals surface area contributed by atoms with Crippen LogP contribution >= 0.6 is 0 Å². The van der Waals surface area contributed by atoms with Gasteiger partial charge in [-0.3, -0.25) is 4.79 Å². The molecular formula is C22H18N3O3+. The molecule has 0 aliphatic carbocycles. The lowest BCUT2D eigenvalue weighted by atomic mass is 10.1. The molecule has 1 amide bonds. The maximum Gasteiger partial charge on any atom is 0.340 e. The van der Waals surface area contributed by atoms with Crippen molar-refractivity contribution < 1.29 is 18.9 Å². The Morgan fingerprint density at radius 1 is 1.04 bits per heavy atom. The third kappa shape index (κ3) is 4.22. The number of carbonyl (C=O) groups excluding carboxylic acids is 2. The molecule has 0 aliphatic rings. The predicted molar refractivity (Wildman–Crippen MR) is 103 cm³/mol. The van der Waals surface area contributed by atoms with Crippen molar-refractivity contribution in [3.05, 3.63) is 84.2 Å². The molecule has 0 spiro atoms. The van der Waals surface area contributed by atoms with Gasteiger partial charge in [-0.2, -0.15) is 9.83 Å². The van der Waals surface area contributed by atoms with Crippen LogP contribution in [0.4, 0.5) is 5.69 Å². The summed E-state index contributed by atoms with van der Waals surface area (Å²) in [5.74, 6) is -0.978. The quantitative estimate of drug-likeness (QED) is 0.551. The zero-order valence-corrected chi connectivity index (χ0v) is 15.3. The summed E-state index contributed by atoms with van der Waals surface area (Å²) in [7, 11) is 1.25. The van der Waals surface area contributed by atoms with Crippen LogP contribution in [0.2, 0.25) is 0 Å². The summed E-state index contributed by atoms with van der Waals surface area (Å²) >= 11 is 0. The summed E-state index contributed by atoms with van der Waals surface area (Å²) in [5, 5.41) is 12.0. The first-order valence-corrected chi connectivity index (χ1v) is 8.58. The molecule has 0 saturated carbocycles. The summed E-state index contributed by atoms with van der Waals surface area (Å²) in [6.45, 7) is 0.0288. The van der Waals surface area contributed by atoms with Gasteiger partial charge in [0.1, 0.15) is 6.07 Å². The number of ether oxygens (including phenoxy) is 1. The number of amides is 1. The normalized spacial score (nSPS) is 10.0. The molecule has 6 nitrogen and oxygen atoms in total. The van der Waals surface area contributed by atoms with Crippen molar-refractivity contribution in [1.82, 2.24) is 0 Å². The van der Waals surface area contributed by atoms with E-state index in [0.717, 1.165) is 11.1 Å². The highest BCUT2D eigenvalue weighted by molar-refractivity contribution is 6.02. The number of benzene rings is 2. The Morgan fingerprint density at radius 3 is 2.50 bits per heavy atom. The van der Waals surface area contributed by atoms with Gasteiger partial charge in [0.25, 0.3) is 5.91 Å². The Balaban J connectivity index is 1.82. The van der Waals surface area contributed by atoms with Gasteiger partial charge in [-0.1, -0.05) is 36.4 Å². The SMILES string of the molecule is COC(=O)c1cccc(C#N)c1NC(=O)C[n+]1cccc(-c2ccccc2)c1. The lowest BCUT2D eigenvalue weighted by Crippen LogP contribution is -2.40. The van der Waals surface area contributed by atoms with E-state index in [4.69, 9.17) is 4.74 Å². The highest BCUT2D eigenvalue weighted by Gasteiger charge is 2.19. The number of hydrogen-bond donors (Lipinski definition) is 1. The monoisotopic (exact) mass is 372 g/mol. The van der Waals surface area contributed by atoms with Gasteiger partial charge in [0, 0.05) is 11.6 Å². The van der Waals surface area contributed by atoms with E-state index < -0.39 is 5.97 Å². The maximum absolute atomic E-state index is 12.6. The Kier molecular flexibility index (Phi) is 5.78. The maximum atomic E-state index is 12.6. The fourth-order valence-corrected chi connectivity index (χ4v) is 2.83. The minimum absolute atomic E-state index is 0.0288. The number of nitriles is 1. The fourth-order valence-electron chi connectivity index (χ4n) is 2.83. The van der Waals surface area contributed by atoms with Gasteiger partial charge < -0.3 is 10.1 Å². The average molecular weight is 372 g/mol. The smallest absolute Gasteiger partial charge is 0.340 e. The summed E-state index contributed by atoms with van der Waals surface area (Å²) < 4.78 is 6.48. The molecule has 0 bridgehead atoms. The van der Waals surface area contributed by atoms with E-state index in [9.17, 15) is 14.9 Å². The van der Waals surface area contributed by atoms with E-state index in [2.05, 4.69) is 5.32 Å². The van der Waals surface area contributed by atoms with Crippen LogP contribution in [0.15, 0.2) is 73.1 Å². The van der Waals surface area contributed by atoms with Crippen LogP contribution < -0.4 is 9.88 Å².